The molecular weight excluding hydrogens is 306 g/mol. The topological polar surface area (TPSA) is 39.1 Å². The number of nitrogens with one attached hydrogen (secondary N) is 1. The highest BCUT2D eigenvalue weighted by molar-refractivity contribution is 9.10. The van der Waals surface area contributed by atoms with E-state index in [1.807, 2.05) is 37.8 Å². The van der Waals surface area contributed by atoms with E-state index in [1.54, 1.807) is 0 Å². The van der Waals surface area contributed by atoms with Gasteiger partial charge in [-0.1, -0.05) is 12.1 Å². The first-order valence-corrected chi connectivity index (χ1v) is 6.95. The second kappa shape index (κ2) is 6.21. The number of ether oxygens (including phenoxy) is 1. The highest BCUT2D eigenvalue weighted by atomic mass is 79.9. The number of halogens is 1. The van der Waals surface area contributed by atoms with Crippen LogP contribution in [0.4, 0.5) is 0 Å². The minimum absolute atomic E-state index is 0.503. The molecule has 0 saturated carbocycles. The smallest absolute Gasteiger partial charge is 0.131 e. The summed E-state index contributed by atoms with van der Waals surface area (Å²) in [6.07, 6.45) is 0. The van der Waals surface area contributed by atoms with Crippen LogP contribution < -0.4 is 10.1 Å². The fraction of sp³-hybridized carbons (Fsp3) is 0.357. The van der Waals surface area contributed by atoms with Gasteiger partial charge in [0.15, 0.2) is 0 Å². The number of benzene rings is 1. The molecule has 2 rings (SSSR count). The summed E-state index contributed by atoms with van der Waals surface area (Å²) in [7, 11) is 3.86. The molecule has 1 aromatic carbocycles. The molecule has 0 spiro atoms. The van der Waals surface area contributed by atoms with Crippen molar-refractivity contribution in [3.8, 4) is 5.75 Å². The van der Waals surface area contributed by atoms with E-state index in [2.05, 4.69) is 38.5 Å². The summed E-state index contributed by atoms with van der Waals surface area (Å²) in [5.74, 6) is 0.866. The van der Waals surface area contributed by atoms with Crippen LogP contribution >= 0.6 is 15.9 Å². The van der Waals surface area contributed by atoms with Gasteiger partial charge in [-0.25, -0.2) is 0 Å². The quantitative estimate of drug-likeness (QED) is 0.919. The molecule has 0 amide bonds. The first-order chi connectivity index (χ1) is 9.11. The molecule has 0 aliphatic heterocycles. The molecule has 102 valence electrons. The van der Waals surface area contributed by atoms with Crippen LogP contribution in [0.1, 0.15) is 17.0 Å². The van der Waals surface area contributed by atoms with Crippen molar-refractivity contribution in [1.82, 2.24) is 15.1 Å². The van der Waals surface area contributed by atoms with Crippen molar-refractivity contribution in [1.29, 1.82) is 0 Å². The first kappa shape index (κ1) is 14.1. The summed E-state index contributed by atoms with van der Waals surface area (Å²) in [4.78, 5) is 0. The van der Waals surface area contributed by atoms with E-state index in [-0.39, 0.29) is 0 Å². The number of nitrogens with zero attached hydrogens (tertiary/aromatic N) is 2. The van der Waals surface area contributed by atoms with Gasteiger partial charge in [-0.05, 0) is 47.6 Å². The third kappa shape index (κ3) is 3.36. The zero-order valence-corrected chi connectivity index (χ0v) is 13.0. The minimum Gasteiger partial charge on any atom is -0.487 e. The van der Waals surface area contributed by atoms with Gasteiger partial charge in [-0.3, -0.25) is 4.68 Å². The van der Waals surface area contributed by atoms with E-state index in [9.17, 15) is 0 Å². The highest BCUT2D eigenvalue weighted by Crippen LogP contribution is 2.22. The van der Waals surface area contributed by atoms with Crippen LogP contribution in [0.5, 0.6) is 5.75 Å². The zero-order valence-electron chi connectivity index (χ0n) is 11.4. The molecule has 1 heterocycles. The summed E-state index contributed by atoms with van der Waals surface area (Å²) in [5, 5.41) is 7.46. The van der Waals surface area contributed by atoms with Crippen molar-refractivity contribution < 1.29 is 4.74 Å². The first-order valence-electron chi connectivity index (χ1n) is 6.16. The number of aryl methyl sites for hydroxylation is 2. The lowest BCUT2D eigenvalue weighted by Gasteiger charge is -2.08. The molecule has 4 nitrogen and oxygen atoms in total. The Kier molecular flexibility index (Phi) is 4.61. The monoisotopic (exact) mass is 323 g/mol. The summed E-state index contributed by atoms with van der Waals surface area (Å²) in [5.41, 5.74) is 3.26. The van der Waals surface area contributed by atoms with Crippen molar-refractivity contribution in [2.45, 2.75) is 20.1 Å². The average molecular weight is 324 g/mol. The Hall–Kier alpha value is -1.33. The SMILES string of the molecule is CNCc1ccc(OCc2c(Br)c(C)nn2C)cc1. The van der Waals surface area contributed by atoms with Crippen LogP contribution in [0.15, 0.2) is 28.7 Å². The van der Waals surface area contributed by atoms with Crippen LogP contribution in [0.3, 0.4) is 0 Å². The lowest BCUT2D eigenvalue weighted by molar-refractivity contribution is 0.294. The Bertz CT molecular complexity index is 549. The molecule has 2 aromatic rings. The van der Waals surface area contributed by atoms with Crippen LogP contribution in [0.25, 0.3) is 0 Å². The molecule has 0 aliphatic rings. The van der Waals surface area contributed by atoms with E-state index >= 15 is 0 Å². The Morgan fingerprint density at radius 3 is 2.53 bits per heavy atom. The van der Waals surface area contributed by atoms with Crippen molar-refractivity contribution in [2.75, 3.05) is 7.05 Å². The van der Waals surface area contributed by atoms with Gasteiger partial charge >= 0.3 is 0 Å². The summed E-state index contributed by atoms with van der Waals surface area (Å²) < 4.78 is 8.65. The molecule has 1 aromatic heterocycles. The number of aromatic nitrogens is 2. The van der Waals surface area contributed by atoms with E-state index in [4.69, 9.17) is 4.74 Å². The Balaban J connectivity index is 2.02. The maximum atomic E-state index is 5.79. The molecule has 0 radical (unpaired) electrons. The molecule has 0 atom stereocenters. The molecule has 0 bridgehead atoms. The molecule has 0 unspecified atom stereocenters. The van der Waals surface area contributed by atoms with Gasteiger partial charge in [-0.2, -0.15) is 5.10 Å². The number of hydrogen-bond acceptors (Lipinski definition) is 3. The van der Waals surface area contributed by atoms with Gasteiger partial charge < -0.3 is 10.1 Å². The van der Waals surface area contributed by atoms with E-state index in [1.165, 1.54) is 5.56 Å². The van der Waals surface area contributed by atoms with E-state index in [0.29, 0.717) is 6.61 Å². The van der Waals surface area contributed by atoms with Gasteiger partial charge in [0.25, 0.3) is 0 Å². The zero-order chi connectivity index (χ0) is 13.8. The standard InChI is InChI=1S/C14H18BrN3O/c1-10-14(15)13(18(3)17-10)9-19-12-6-4-11(5-7-12)8-16-2/h4-7,16H,8-9H2,1-3H3. The molecule has 1 N–H and O–H groups in total. The summed E-state index contributed by atoms with van der Waals surface area (Å²) in [6.45, 7) is 3.34. The van der Waals surface area contributed by atoms with Gasteiger partial charge in [0.2, 0.25) is 0 Å². The van der Waals surface area contributed by atoms with Crippen LogP contribution in [0, 0.1) is 6.92 Å². The van der Waals surface area contributed by atoms with Gasteiger partial charge in [0.1, 0.15) is 12.4 Å². The molecule has 19 heavy (non-hydrogen) atoms. The molecular formula is C14H18BrN3O. The molecule has 0 saturated heterocycles. The van der Waals surface area contributed by atoms with Crippen LogP contribution in [0.2, 0.25) is 0 Å². The van der Waals surface area contributed by atoms with Crippen LogP contribution in [-0.4, -0.2) is 16.8 Å². The van der Waals surface area contributed by atoms with Crippen molar-refractivity contribution in [3.05, 3.63) is 45.7 Å². The highest BCUT2D eigenvalue weighted by Gasteiger charge is 2.10. The third-order valence-corrected chi connectivity index (χ3v) is 3.97. The Morgan fingerprint density at radius 1 is 1.32 bits per heavy atom. The molecule has 5 heteroatoms. The minimum atomic E-state index is 0.503. The van der Waals surface area contributed by atoms with Gasteiger partial charge in [0, 0.05) is 13.6 Å². The third-order valence-electron chi connectivity index (χ3n) is 2.94. The van der Waals surface area contributed by atoms with Crippen molar-refractivity contribution in [2.24, 2.45) is 7.05 Å². The number of hydrogen-bond donors (Lipinski definition) is 1. The molecule has 0 aliphatic carbocycles. The normalized spacial score (nSPS) is 10.7. The maximum Gasteiger partial charge on any atom is 0.131 e. The van der Waals surface area contributed by atoms with Crippen molar-refractivity contribution >= 4 is 15.9 Å². The Morgan fingerprint density at radius 2 is 2.00 bits per heavy atom. The fourth-order valence-corrected chi connectivity index (χ4v) is 2.35. The second-order valence-corrected chi connectivity index (χ2v) is 5.23. The number of rotatable bonds is 5. The predicted molar refractivity (Wildman–Crippen MR) is 79.2 cm³/mol. The second-order valence-electron chi connectivity index (χ2n) is 4.43. The van der Waals surface area contributed by atoms with Gasteiger partial charge in [-0.15, -0.1) is 0 Å². The predicted octanol–water partition coefficient (Wildman–Crippen LogP) is 2.79. The summed E-state index contributed by atoms with van der Waals surface area (Å²) in [6, 6.07) is 8.11. The van der Waals surface area contributed by atoms with E-state index in [0.717, 1.165) is 28.2 Å². The lowest BCUT2D eigenvalue weighted by atomic mass is 10.2. The summed E-state index contributed by atoms with van der Waals surface area (Å²) >= 11 is 3.54. The Labute approximate surface area is 121 Å². The molecule has 0 fully saturated rings. The fourth-order valence-electron chi connectivity index (χ4n) is 1.90. The van der Waals surface area contributed by atoms with E-state index < -0.39 is 0 Å². The average Bonchev–Trinajstić information content (AvgIpc) is 2.64. The van der Waals surface area contributed by atoms with Crippen molar-refractivity contribution in [3.63, 3.8) is 0 Å². The lowest BCUT2D eigenvalue weighted by Crippen LogP contribution is -2.05. The largest absolute Gasteiger partial charge is 0.487 e. The van der Waals surface area contributed by atoms with Gasteiger partial charge in [0.05, 0.1) is 15.9 Å². The van der Waals surface area contributed by atoms with Crippen LogP contribution in [-0.2, 0) is 20.2 Å². The maximum absolute atomic E-state index is 5.79.